The van der Waals surface area contributed by atoms with Gasteiger partial charge in [-0.3, -0.25) is 0 Å². The van der Waals surface area contributed by atoms with Gasteiger partial charge in [0.15, 0.2) is 0 Å². The predicted octanol–water partition coefficient (Wildman–Crippen LogP) is 6.82. The standard InChI is InChI=1S/C30H26N4O/c1-2-3-4-5-6-27-13-14-30(35-27)28-18-26-17-24-10-9-22(32-24)15-20-7-8-21(31-20)16-23-11-12-25(33-23)19-29(28)34-26/h7-19H,2-6H2,1H3. The van der Waals surface area contributed by atoms with Crippen LogP contribution < -0.4 is 0 Å². The number of rotatable bonds is 6. The average molecular weight is 459 g/mol. The van der Waals surface area contributed by atoms with Gasteiger partial charge < -0.3 is 4.42 Å². The number of furan rings is 1. The third-order valence-electron chi connectivity index (χ3n) is 6.24. The van der Waals surface area contributed by atoms with Crippen molar-refractivity contribution in [3.05, 3.63) is 113 Å². The summed E-state index contributed by atoms with van der Waals surface area (Å²) < 4.78 is 6.25. The monoisotopic (exact) mass is 458 g/mol. The van der Waals surface area contributed by atoms with Crippen LogP contribution >= 0.6 is 0 Å². The summed E-state index contributed by atoms with van der Waals surface area (Å²) >= 11 is 0. The molecule has 0 unspecified atom stereocenters. The van der Waals surface area contributed by atoms with E-state index in [0.29, 0.717) is 0 Å². The molecule has 0 atom stereocenters. The number of hydrogen-bond donors (Lipinski definition) is 0. The molecule has 0 aromatic carbocycles. The first-order chi connectivity index (χ1) is 17.2. The molecule has 0 radical (unpaired) electrons. The van der Waals surface area contributed by atoms with Crippen molar-refractivity contribution >= 4 is 28.4 Å². The van der Waals surface area contributed by atoms with Crippen LogP contribution in [-0.4, -0.2) is 22.8 Å². The highest BCUT2D eigenvalue weighted by atomic mass is 16.3. The van der Waals surface area contributed by atoms with E-state index < -0.39 is 0 Å². The van der Waals surface area contributed by atoms with E-state index in [4.69, 9.17) is 19.4 Å². The fourth-order valence-electron chi connectivity index (χ4n) is 4.48. The second-order valence-corrected chi connectivity index (χ2v) is 9.02. The van der Waals surface area contributed by atoms with Crippen LogP contribution in [0.25, 0.3) is 5.57 Å². The largest absolute Gasteiger partial charge is 0.461 e. The van der Waals surface area contributed by atoms with Gasteiger partial charge in [-0.1, -0.05) is 26.2 Å². The normalized spacial score (nSPS) is 19.6. The lowest BCUT2D eigenvalue weighted by atomic mass is 10.1. The summed E-state index contributed by atoms with van der Waals surface area (Å²) in [7, 11) is 0. The zero-order valence-electron chi connectivity index (χ0n) is 19.7. The summed E-state index contributed by atoms with van der Waals surface area (Å²) in [4.78, 5) is 19.1. The van der Waals surface area contributed by atoms with E-state index in [1.54, 1.807) is 0 Å². The maximum absolute atomic E-state index is 6.25. The quantitative estimate of drug-likeness (QED) is 0.431. The zero-order valence-corrected chi connectivity index (χ0v) is 19.7. The highest BCUT2D eigenvalue weighted by Crippen LogP contribution is 2.30. The lowest BCUT2D eigenvalue weighted by Gasteiger charge is -2.01. The van der Waals surface area contributed by atoms with Crippen LogP contribution in [0.15, 0.2) is 126 Å². The Balaban J connectivity index is 1.36. The van der Waals surface area contributed by atoms with Crippen LogP contribution in [0.2, 0.25) is 0 Å². The second kappa shape index (κ2) is 9.26. The number of nitrogens with zero attached hydrogens (tertiary/aromatic N) is 4. The molecule has 0 amide bonds. The molecule has 1 aromatic rings. The van der Waals surface area contributed by atoms with E-state index in [9.17, 15) is 0 Å². The van der Waals surface area contributed by atoms with Crippen molar-refractivity contribution in [3.8, 4) is 0 Å². The van der Waals surface area contributed by atoms with Crippen molar-refractivity contribution in [2.24, 2.45) is 20.0 Å². The van der Waals surface area contributed by atoms with E-state index in [1.165, 1.54) is 19.3 Å². The summed E-state index contributed by atoms with van der Waals surface area (Å²) in [6, 6.07) is 4.15. The molecule has 0 aliphatic carbocycles. The Bertz CT molecular complexity index is 1450. The van der Waals surface area contributed by atoms with Gasteiger partial charge in [-0.2, -0.15) is 0 Å². The van der Waals surface area contributed by atoms with Crippen LogP contribution in [0.1, 0.15) is 44.1 Å². The van der Waals surface area contributed by atoms with Gasteiger partial charge in [0.25, 0.3) is 0 Å². The molecule has 1 aromatic heterocycles. The lowest BCUT2D eigenvalue weighted by molar-refractivity contribution is 0.486. The smallest absolute Gasteiger partial charge is 0.136 e. The molecular formula is C30H26N4O. The molecule has 0 fully saturated rings. The SMILES string of the molecule is CCCCCCc1ccc(C2=CC3=CC4=NC(=CC5=NC(=CC6=NC(=CC2=N3)C=C6)C=C5)C=C4)o1. The summed E-state index contributed by atoms with van der Waals surface area (Å²) in [6.07, 6.45) is 27.9. The van der Waals surface area contributed by atoms with Crippen LogP contribution in [0.4, 0.5) is 0 Å². The number of aryl methyl sites for hydroxylation is 1. The molecule has 0 spiro atoms. The maximum atomic E-state index is 6.25. The van der Waals surface area contributed by atoms with Crippen molar-refractivity contribution < 1.29 is 4.42 Å². The van der Waals surface area contributed by atoms with Crippen molar-refractivity contribution in [1.82, 2.24) is 0 Å². The third kappa shape index (κ3) is 4.76. The van der Waals surface area contributed by atoms with Crippen molar-refractivity contribution in [2.75, 3.05) is 0 Å². The number of allylic oxidation sites excluding steroid dienone is 12. The maximum Gasteiger partial charge on any atom is 0.136 e. The first-order valence-electron chi connectivity index (χ1n) is 12.3. The Morgan fingerprint density at radius 3 is 1.89 bits per heavy atom. The average Bonchev–Trinajstić information content (AvgIpc) is 3.66. The van der Waals surface area contributed by atoms with Crippen LogP contribution in [0.5, 0.6) is 0 Å². The van der Waals surface area contributed by atoms with Crippen LogP contribution in [-0.2, 0) is 6.42 Å². The molecule has 5 aliphatic heterocycles. The van der Waals surface area contributed by atoms with Gasteiger partial charge in [-0.05, 0) is 85.4 Å². The first-order valence-corrected chi connectivity index (χ1v) is 12.3. The number of aliphatic imine (C=N–C) groups is 4. The minimum atomic E-state index is 0.836. The van der Waals surface area contributed by atoms with Gasteiger partial charge in [-0.25, -0.2) is 20.0 Å². The number of unbranched alkanes of at least 4 members (excludes halogenated alkanes) is 3. The minimum absolute atomic E-state index is 0.836. The summed E-state index contributed by atoms with van der Waals surface area (Å²) in [5.74, 6) is 1.86. The summed E-state index contributed by atoms with van der Waals surface area (Å²) in [5, 5.41) is 0. The number of fused-ring (bicyclic) bond motifs is 4. The van der Waals surface area contributed by atoms with E-state index in [1.807, 2.05) is 60.8 Å². The Labute approximate surface area is 205 Å². The zero-order chi connectivity index (χ0) is 23.6. The fraction of sp³-hybridized carbons (Fsp3) is 0.200. The molecule has 0 N–H and O–H groups in total. The van der Waals surface area contributed by atoms with E-state index in [0.717, 1.165) is 75.6 Å². The first kappa shape index (κ1) is 21.4. The summed E-state index contributed by atoms with van der Waals surface area (Å²) in [6.45, 7) is 2.23. The highest BCUT2D eigenvalue weighted by molar-refractivity contribution is 6.32. The van der Waals surface area contributed by atoms with Gasteiger partial charge in [0, 0.05) is 12.0 Å². The molecule has 6 rings (SSSR count). The van der Waals surface area contributed by atoms with Gasteiger partial charge in [0.05, 0.1) is 45.6 Å². The number of hydrogen-bond acceptors (Lipinski definition) is 5. The predicted molar refractivity (Wildman–Crippen MR) is 144 cm³/mol. The molecule has 35 heavy (non-hydrogen) atoms. The Hall–Kier alpha value is -4.12. The minimum Gasteiger partial charge on any atom is -0.461 e. The van der Waals surface area contributed by atoms with Gasteiger partial charge in [0.2, 0.25) is 0 Å². The van der Waals surface area contributed by atoms with Crippen LogP contribution in [0.3, 0.4) is 0 Å². The van der Waals surface area contributed by atoms with Gasteiger partial charge >= 0.3 is 0 Å². The molecule has 0 saturated carbocycles. The molecule has 8 bridgehead atoms. The molecule has 5 heteroatoms. The molecule has 6 heterocycles. The topological polar surface area (TPSA) is 62.6 Å². The second-order valence-electron chi connectivity index (χ2n) is 9.02. The van der Waals surface area contributed by atoms with Crippen LogP contribution in [0, 0.1) is 0 Å². The van der Waals surface area contributed by atoms with Crippen molar-refractivity contribution in [1.29, 1.82) is 0 Å². The van der Waals surface area contributed by atoms with Gasteiger partial charge in [0.1, 0.15) is 11.5 Å². The van der Waals surface area contributed by atoms with E-state index in [2.05, 4.69) is 30.1 Å². The van der Waals surface area contributed by atoms with Gasteiger partial charge in [-0.15, -0.1) is 0 Å². The van der Waals surface area contributed by atoms with E-state index >= 15 is 0 Å². The lowest BCUT2D eigenvalue weighted by Crippen LogP contribution is -1.95. The molecule has 172 valence electrons. The molecule has 5 aliphatic rings. The molecule has 0 saturated heterocycles. The van der Waals surface area contributed by atoms with Crippen molar-refractivity contribution in [3.63, 3.8) is 0 Å². The van der Waals surface area contributed by atoms with Crippen molar-refractivity contribution in [2.45, 2.75) is 39.0 Å². The Morgan fingerprint density at radius 2 is 1.23 bits per heavy atom. The van der Waals surface area contributed by atoms with E-state index in [-0.39, 0.29) is 0 Å². The molecular weight excluding hydrogens is 432 g/mol. The Morgan fingerprint density at radius 1 is 0.600 bits per heavy atom. The summed E-state index contributed by atoms with van der Waals surface area (Å²) in [5.41, 5.74) is 7.87. The molecule has 5 nitrogen and oxygen atoms in total. The third-order valence-corrected chi connectivity index (χ3v) is 6.24. The highest BCUT2D eigenvalue weighted by Gasteiger charge is 2.20. The fourth-order valence-corrected chi connectivity index (χ4v) is 4.48. The Kier molecular flexibility index (Phi) is 5.67.